The Morgan fingerprint density at radius 2 is 2.30 bits per heavy atom. The van der Waals surface area contributed by atoms with Crippen LogP contribution in [0.25, 0.3) is 0 Å². The van der Waals surface area contributed by atoms with Crippen molar-refractivity contribution >= 4 is 27.5 Å². The van der Waals surface area contributed by atoms with Crippen LogP contribution in [0.5, 0.6) is 0 Å². The number of hydrogen-bond donors (Lipinski definition) is 2. The molecule has 2 rings (SSSR count). The highest BCUT2D eigenvalue weighted by molar-refractivity contribution is 9.10. The molecule has 0 saturated carbocycles. The van der Waals surface area contributed by atoms with Gasteiger partial charge >= 0.3 is 0 Å². The maximum atomic E-state index is 12.0. The number of anilines is 1. The van der Waals surface area contributed by atoms with Crippen LogP contribution in [0.1, 0.15) is 5.56 Å². The number of hydrogen-bond acceptors (Lipinski definition) is 4. The van der Waals surface area contributed by atoms with Crippen LogP contribution >= 0.6 is 15.9 Å². The molecule has 1 aromatic carbocycles. The van der Waals surface area contributed by atoms with Gasteiger partial charge in [-0.15, -0.1) is 0 Å². The van der Waals surface area contributed by atoms with Crippen molar-refractivity contribution in [1.82, 2.24) is 10.6 Å². The largest absolute Gasteiger partial charge is 0.377 e. The summed E-state index contributed by atoms with van der Waals surface area (Å²) in [6.07, 6.45) is 0. The van der Waals surface area contributed by atoms with Gasteiger partial charge < -0.3 is 20.3 Å². The Morgan fingerprint density at radius 1 is 1.50 bits per heavy atom. The Labute approximate surface area is 127 Å². The molecular weight excluding hydrogens is 322 g/mol. The Bertz CT molecular complexity index is 481. The quantitative estimate of drug-likeness (QED) is 0.861. The number of morpholine rings is 1. The van der Waals surface area contributed by atoms with Gasteiger partial charge in [0, 0.05) is 24.6 Å². The maximum Gasteiger partial charge on any atom is 0.244 e. The van der Waals surface area contributed by atoms with E-state index in [2.05, 4.69) is 49.7 Å². The minimum absolute atomic E-state index is 0.0177. The van der Waals surface area contributed by atoms with E-state index in [-0.39, 0.29) is 11.9 Å². The van der Waals surface area contributed by atoms with E-state index >= 15 is 0 Å². The number of carbonyl (C=O) groups excluding carboxylic acids is 1. The lowest BCUT2D eigenvalue weighted by atomic mass is 10.1. The summed E-state index contributed by atoms with van der Waals surface area (Å²) in [5, 5.41) is 5.83. The zero-order valence-electron chi connectivity index (χ0n) is 11.8. The van der Waals surface area contributed by atoms with Crippen LogP contribution in [-0.2, 0) is 16.1 Å². The van der Waals surface area contributed by atoms with E-state index < -0.39 is 0 Å². The molecule has 1 aliphatic rings. The van der Waals surface area contributed by atoms with Crippen molar-refractivity contribution in [2.45, 2.75) is 12.6 Å². The van der Waals surface area contributed by atoms with Gasteiger partial charge in [0.1, 0.15) is 6.04 Å². The molecule has 5 nitrogen and oxygen atoms in total. The van der Waals surface area contributed by atoms with Gasteiger partial charge in [0.05, 0.1) is 18.9 Å². The zero-order valence-corrected chi connectivity index (χ0v) is 13.4. The third kappa shape index (κ3) is 3.31. The van der Waals surface area contributed by atoms with Gasteiger partial charge in [-0.2, -0.15) is 0 Å². The second-order valence-electron chi connectivity index (χ2n) is 4.71. The van der Waals surface area contributed by atoms with Crippen LogP contribution in [0.4, 0.5) is 5.69 Å². The number of halogens is 1. The Hall–Kier alpha value is -1.11. The predicted octanol–water partition coefficient (Wildman–Crippen LogP) is 1.12. The van der Waals surface area contributed by atoms with E-state index in [1.54, 1.807) is 7.05 Å². The van der Waals surface area contributed by atoms with E-state index in [9.17, 15) is 4.79 Å². The molecule has 2 N–H and O–H groups in total. The average molecular weight is 342 g/mol. The van der Waals surface area contributed by atoms with Crippen LogP contribution in [0.3, 0.4) is 0 Å². The third-order valence-electron chi connectivity index (χ3n) is 3.38. The lowest BCUT2D eigenvalue weighted by Crippen LogP contribution is -2.53. The molecule has 0 aliphatic carbocycles. The van der Waals surface area contributed by atoms with Gasteiger partial charge in [-0.3, -0.25) is 4.79 Å². The second kappa shape index (κ2) is 7.06. The minimum Gasteiger partial charge on any atom is -0.377 e. The molecule has 6 heteroatoms. The molecule has 0 radical (unpaired) electrons. The summed E-state index contributed by atoms with van der Waals surface area (Å²) in [5.41, 5.74) is 2.23. The fourth-order valence-electron chi connectivity index (χ4n) is 2.37. The first kappa shape index (κ1) is 15.3. The van der Waals surface area contributed by atoms with Crippen molar-refractivity contribution in [3.8, 4) is 0 Å². The molecule has 1 aromatic rings. The van der Waals surface area contributed by atoms with Gasteiger partial charge in [0.15, 0.2) is 0 Å². The topological polar surface area (TPSA) is 53.6 Å². The van der Waals surface area contributed by atoms with Crippen LogP contribution in [0.15, 0.2) is 22.7 Å². The van der Waals surface area contributed by atoms with E-state index in [4.69, 9.17) is 4.74 Å². The summed E-state index contributed by atoms with van der Waals surface area (Å²) in [7, 11) is 3.57. The SMILES string of the molecule is CNCc1ccc(N2CCOCC2C(=O)NC)c(Br)c1. The molecule has 110 valence electrons. The Kier molecular flexibility index (Phi) is 5.39. The van der Waals surface area contributed by atoms with E-state index in [0.29, 0.717) is 19.8 Å². The number of ether oxygens (including phenoxy) is 1. The lowest BCUT2D eigenvalue weighted by molar-refractivity contribution is -0.124. The number of likely N-dealkylation sites (N-methyl/N-ethyl adjacent to an activating group) is 1. The van der Waals surface area contributed by atoms with Crippen molar-refractivity contribution in [2.75, 3.05) is 38.8 Å². The third-order valence-corrected chi connectivity index (χ3v) is 4.02. The number of benzene rings is 1. The van der Waals surface area contributed by atoms with Crippen molar-refractivity contribution in [1.29, 1.82) is 0 Å². The number of amides is 1. The molecular formula is C14H20BrN3O2. The van der Waals surface area contributed by atoms with Gasteiger partial charge in [-0.25, -0.2) is 0 Å². The number of nitrogens with one attached hydrogen (secondary N) is 2. The van der Waals surface area contributed by atoms with Crippen LogP contribution in [0, 0.1) is 0 Å². The highest BCUT2D eigenvalue weighted by atomic mass is 79.9. The van der Waals surface area contributed by atoms with E-state index in [0.717, 1.165) is 16.7 Å². The minimum atomic E-state index is -0.278. The molecule has 1 unspecified atom stereocenters. The Balaban J connectivity index is 2.25. The summed E-state index contributed by atoms with van der Waals surface area (Å²) in [5.74, 6) is -0.0177. The maximum absolute atomic E-state index is 12.0. The first-order valence-corrected chi connectivity index (χ1v) is 7.45. The van der Waals surface area contributed by atoms with Crippen LogP contribution in [0.2, 0.25) is 0 Å². The second-order valence-corrected chi connectivity index (χ2v) is 5.57. The lowest BCUT2D eigenvalue weighted by Gasteiger charge is -2.36. The molecule has 20 heavy (non-hydrogen) atoms. The molecule has 1 fully saturated rings. The molecule has 0 bridgehead atoms. The molecule has 1 amide bonds. The summed E-state index contributed by atoms with van der Waals surface area (Å²) < 4.78 is 6.43. The fraction of sp³-hybridized carbons (Fsp3) is 0.500. The summed E-state index contributed by atoms with van der Waals surface area (Å²) >= 11 is 3.61. The molecule has 1 heterocycles. The summed E-state index contributed by atoms with van der Waals surface area (Å²) in [6, 6.07) is 5.94. The molecule has 0 aromatic heterocycles. The van der Waals surface area contributed by atoms with E-state index in [1.165, 1.54) is 5.56 Å². The van der Waals surface area contributed by atoms with Gasteiger partial charge in [0.2, 0.25) is 5.91 Å². The number of carbonyl (C=O) groups is 1. The fourth-order valence-corrected chi connectivity index (χ4v) is 3.03. The molecule has 1 atom stereocenters. The van der Waals surface area contributed by atoms with Gasteiger partial charge in [-0.05, 0) is 40.7 Å². The molecule has 1 aliphatic heterocycles. The normalized spacial score (nSPS) is 18.9. The Morgan fingerprint density at radius 3 is 2.95 bits per heavy atom. The van der Waals surface area contributed by atoms with Crippen molar-refractivity contribution < 1.29 is 9.53 Å². The monoisotopic (exact) mass is 341 g/mol. The van der Waals surface area contributed by atoms with Crippen molar-refractivity contribution in [3.05, 3.63) is 28.2 Å². The first-order valence-electron chi connectivity index (χ1n) is 6.66. The van der Waals surface area contributed by atoms with E-state index in [1.807, 2.05) is 7.05 Å². The zero-order chi connectivity index (χ0) is 14.5. The van der Waals surface area contributed by atoms with Crippen LogP contribution < -0.4 is 15.5 Å². The smallest absolute Gasteiger partial charge is 0.244 e. The highest BCUT2D eigenvalue weighted by Gasteiger charge is 2.29. The van der Waals surface area contributed by atoms with Crippen LogP contribution in [-0.4, -0.2) is 45.8 Å². The predicted molar refractivity (Wildman–Crippen MR) is 82.9 cm³/mol. The van der Waals surface area contributed by atoms with Crippen molar-refractivity contribution in [3.63, 3.8) is 0 Å². The molecule has 1 saturated heterocycles. The number of nitrogens with zero attached hydrogens (tertiary/aromatic N) is 1. The van der Waals surface area contributed by atoms with Crippen molar-refractivity contribution in [2.24, 2.45) is 0 Å². The summed E-state index contributed by atoms with van der Waals surface area (Å²) in [6.45, 7) is 2.59. The average Bonchev–Trinajstić information content (AvgIpc) is 2.47. The highest BCUT2D eigenvalue weighted by Crippen LogP contribution is 2.30. The number of rotatable bonds is 4. The first-order chi connectivity index (χ1) is 9.67. The standard InChI is InChI=1S/C14H20BrN3O2/c1-16-8-10-3-4-12(11(15)7-10)18-5-6-20-9-13(18)14(19)17-2/h3-4,7,13,16H,5-6,8-9H2,1-2H3,(H,17,19). The van der Waals surface area contributed by atoms with Gasteiger partial charge in [0.25, 0.3) is 0 Å². The summed E-state index contributed by atoms with van der Waals surface area (Å²) in [4.78, 5) is 14.1. The molecule has 0 spiro atoms. The van der Waals surface area contributed by atoms with Gasteiger partial charge in [-0.1, -0.05) is 6.07 Å².